The Morgan fingerprint density at radius 2 is 1.73 bits per heavy atom. The molecule has 2 aromatic carbocycles. The molecular weight excluding hydrogens is 397 g/mol. The fraction of sp³-hybridized carbons (Fsp3) is 0.235. The van der Waals surface area contributed by atoms with E-state index in [-0.39, 0.29) is 16.2 Å². The predicted octanol–water partition coefficient (Wildman–Crippen LogP) is 3.95. The van der Waals surface area contributed by atoms with Crippen LogP contribution < -0.4 is 9.57 Å². The molecule has 9 heteroatoms. The van der Waals surface area contributed by atoms with E-state index in [2.05, 4.69) is 4.83 Å². The zero-order chi connectivity index (χ0) is 18.7. The largest absolute Gasteiger partial charge is 0.456 e. The monoisotopic (exact) mass is 411 g/mol. The molecule has 0 aliphatic carbocycles. The number of benzene rings is 2. The van der Waals surface area contributed by atoms with Crippen molar-refractivity contribution in [1.82, 2.24) is 9.84 Å². The van der Waals surface area contributed by atoms with Crippen molar-refractivity contribution >= 4 is 33.2 Å². The second-order valence-electron chi connectivity index (χ2n) is 5.77. The van der Waals surface area contributed by atoms with E-state index in [1.165, 1.54) is 30.3 Å². The van der Waals surface area contributed by atoms with Crippen LogP contribution in [0.5, 0.6) is 11.5 Å². The predicted molar refractivity (Wildman–Crippen MR) is 98.8 cm³/mol. The van der Waals surface area contributed by atoms with Gasteiger partial charge in [0.25, 0.3) is 10.0 Å². The summed E-state index contributed by atoms with van der Waals surface area (Å²) in [4.78, 5) is 2.41. The molecule has 1 N–H and O–H groups in total. The third-order valence-electron chi connectivity index (χ3n) is 3.78. The van der Waals surface area contributed by atoms with Crippen molar-refractivity contribution < 1.29 is 13.2 Å². The molecule has 0 radical (unpaired) electrons. The van der Waals surface area contributed by atoms with E-state index in [1.807, 2.05) is 6.07 Å². The van der Waals surface area contributed by atoms with Crippen LogP contribution in [0.15, 0.2) is 41.3 Å². The highest BCUT2D eigenvalue weighted by Crippen LogP contribution is 2.33. The highest BCUT2D eigenvalue weighted by Gasteiger charge is 2.25. The quantitative estimate of drug-likeness (QED) is 0.804. The summed E-state index contributed by atoms with van der Waals surface area (Å²) in [6.45, 7) is 1.27. The molecule has 6 nitrogen and oxygen atoms in total. The van der Waals surface area contributed by atoms with Crippen molar-refractivity contribution in [2.24, 2.45) is 0 Å². The van der Waals surface area contributed by atoms with Crippen LogP contribution in [0.2, 0.25) is 10.0 Å². The molecule has 0 atom stereocenters. The van der Waals surface area contributed by atoms with Gasteiger partial charge in [-0.25, -0.2) is 13.4 Å². The number of halogens is 2. The average molecular weight is 412 g/mol. The summed E-state index contributed by atoms with van der Waals surface area (Å²) in [5.41, 5.74) is 0.211. The van der Waals surface area contributed by atoms with Gasteiger partial charge in [0.1, 0.15) is 16.4 Å². The Bertz CT molecular complexity index is 947. The molecule has 0 unspecified atom stereocenters. The van der Waals surface area contributed by atoms with Crippen LogP contribution in [-0.4, -0.2) is 26.5 Å². The second-order valence-corrected chi connectivity index (χ2v) is 8.27. The van der Waals surface area contributed by atoms with Crippen LogP contribution in [0.25, 0.3) is 0 Å². The van der Waals surface area contributed by atoms with Gasteiger partial charge >= 0.3 is 0 Å². The van der Waals surface area contributed by atoms with E-state index in [0.717, 1.165) is 12.8 Å². The standard InChI is InChI=1S/C17H15Cl2N3O3S/c18-13-8-14(19)10-15(9-13)25-16-4-3-12(11-20)7-17(16)26(23,24)21-22-5-1-2-6-22/h3-4,7-10,21H,1-2,5-6H2. The normalized spacial score (nSPS) is 15.0. The molecular formula is C17H15Cl2N3O3S. The molecule has 26 heavy (non-hydrogen) atoms. The molecule has 0 amide bonds. The Balaban J connectivity index is 1.98. The Labute approximate surface area is 161 Å². The van der Waals surface area contributed by atoms with Crippen LogP contribution in [0.1, 0.15) is 18.4 Å². The Hall–Kier alpha value is -1.82. The fourth-order valence-corrected chi connectivity index (χ4v) is 4.40. The average Bonchev–Trinajstić information content (AvgIpc) is 3.06. The summed E-state index contributed by atoms with van der Waals surface area (Å²) in [6, 6.07) is 10.7. The maximum Gasteiger partial charge on any atom is 0.257 e. The smallest absolute Gasteiger partial charge is 0.257 e. The summed E-state index contributed by atoms with van der Waals surface area (Å²) < 4.78 is 31.3. The summed E-state index contributed by atoms with van der Waals surface area (Å²) >= 11 is 11.9. The van der Waals surface area contributed by atoms with Gasteiger partial charge in [0.05, 0.1) is 11.6 Å². The van der Waals surface area contributed by atoms with Crippen molar-refractivity contribution in [1.29, 1.82) is 5.26 Å². The summed E-state index contributed by atoms with van der Waals surface area (Å²) in [5.74, 6) is 0.374. The molecule has 0 spiro atoms. The third kappa shape index (κ3) is 4.47. The van der Waals surface area contributed by atoms with Gasteiger partial charge in [0, 0.05) is 23.1 Å². The Morgan fingerprint density at radius 3 is 2.35 bits per heavy atom. The van der Waals surface area contributed by atoms with Crippen molar-refractivity contribution in [2.75, 3.05) is 13.1 Å². The number of ether oxygens (including phenoxy) is 1. The minimum atomic E-state index is -3.91. The van der Waals surface area contributed by atoms with Gasteiger partial charge in [-0.1, -0.05) is 23.2 Å². The molecule has 1 saturated heterocycles. The van der Waals surface area contributed by atoms with Crippen LogP contribution in [0.4, 0.5) is 0 Å². The number of nitrogens with one attached hydrogen (secondary N) is 1. The van der Waals surface area contributed by atoms with Crippen molar-refractivity contribution in [3.8, 4) is 17.6 Å². The van der Waals surface area contributed by atoms with Gasteiger partial charge < -0.3 is 4.74 Å². The van der Waals surface area contributed by atoms with Gasteiger partial charge in [-0.3, -0.25) is 0 Å². The maximum atomic E-state index is 12.8. The summed E-state index contributed by atoms with van der Waals surface area (Å²) in [7, 11) is -3.91. The number of hydrazine groups is 1. The van der Waals surface area contributed by atoms with Crippen LogP contribution in [-0.2, 0) is 10.0 Å². The first-order chi connectivity index (χ1) is 12.4. The van der Waals surface area contributed by atoms with E-state index in [1.54, 1.807) is 11.1 Å². The lowest BCUT2D eigenvalue weighted by Crippen LogP contribution is -2.40. The van der Waals surface area contributed by atoms with Gasteiger partial charge in [-0.2, -0.15) is 5.26 Å². The number of hydrogen-bond acceptors (Lipinski definition) is 5. The molecule has 1 heterocycles. The molecule has 2 aromatic rings. The molecule has 1 aliphatic heterocycles. The topological polar surface area (TPSA) is 82.4 Å². The SMILES string of the molecule is N#Cc1ccc(Oc2cc(Cl)cc(Cl)c2)c(S(=O)(=O)NN2CCCC2)c1. The zero-order valence-electron chi connectivity index (χ0n) is 13.6. The van der Waals surface area contributed by atoms with Gasteiger partial charge in [-0.15, -0.1) is 4.83 Å². The van der Waals surface area contributed by atoms with Crippen LogP contribution in [0.3, 0.4) is 0 Å². The lowest BCUT2D eigenvalue weighted by Gasteiger charge is -2.18. The van der Waals surface area contributed by atoms with Gasteiger partial charge in [0.2, 0.25) is 0 Å². The minimum Gasteiger partial charge on any atom is -0.456 e. The van der Waals surface area contributed by atoms with Crippen molar-refractivity contribution in [3.63, 3.8) is 0 Å². The summed E-state index contributed by atoms with van der Waals surface area (Å²) in [5, 5.41) is 11.5. The van der Waals surface area contributed by atoms with E-state index in [9.17, 15) is 8.42 Å². The summed E-state index contributed by atoms with van der Waals surface area (Å²) in [6.07, 6.45) is 1.84. The molecule has 3 rings (SSSR count). The van der Waals surface area contributed by atoms with Gasteiger partial charge in [-0.05, 0) is 49.2 Å². The van der Waals surface area contributed by atoms with E-state index < -0.39 is 10.0 Å². The van der Waals surface area contributed by atoms with E-state index >= 15 is 0 Å². The molecule has 1 fully saturated rings. The van der Waals surface area contributed by atoms with Gasteiger partial charge in [0.15, 0.2) is 0 Å². The maximum absolute atomic E-state index is 12.8. The Morgan fingerprint density at radius 1 is 1.08 bits per heavy atom. The number of nitrogens with zero attached hydrogens (tertiary/aromatic N) is 2. The van der Waals surface area contributed by atoms with E-state index in [4.69, 9.17) is 33.2 Å². The zero-order valence-corrected chi connectivity index (χ0v) is 15.9. The first-order valence-electron chi connectivity index (χ1n) is 7.83. The molecule has 0 aromatic heterocycles. The van der Waals surface area contributed by atoms with Crippen molar-refractivity contribution in [3.05, 3.63) is 52.0 Å². The van der Waals surface area contributed by atoms with E-state index in [0.29, 0.717) is 28.9 Å². The highest BCUT2D eigenvalue weighted by molar-refractivity contribution is 7.89. The first kappa shape index (κ1) is 19.0. The number of nitriles is 1. The number of rotatable bonds is 5. The molecule has 1 aliphatic rings. The fourth-order valence-electron chi connectivity index (χ4n) is 2.61. The lowest BCUT2D eigenvalue weighted by atomic mass is 10.2. The van der Waals surface area contributed by atoms with Crippen LogP contribution in [0, 0.1) is 11.3 Å². The first-order valence-corrected chi connectivity index (χ1v) is 10.1. The third-order valence-corrected chi connectivity index (χ3v) is 5.61. The second kappa shape index (κ2) is 7.82. The van der Waals surface area contributed by atoms with Crippen LogP contribution >= 0.6 is 23.2 Å². The van der Waals surface area contributed by atoms with Crippen molar-refractivity contribution in [2.45, 2.75) is 17.7 Å². The molecule has 0 saturated carbocycles. The number of hydrogen-bond donors (Lipinski definition) is 1. The molecule has 0 bridgehead atoms. The molecule has 136 valence electrons. The Kier molecular flexibility index (Phi) is 5.70. The highest BCUT2D eigenvalue weighted by atomic mass is 35.5. The number of sulfonamides is 1. The minimum absolute atomic E-state index is 0.0778. The lowest BCUT2D eigenvalue weighted by molar-refractivity contribution is 0.299.